The molecule has 1 aromatic heterocycles. The van der Waals surface area contributed by atoms with E-state index in [9.17, 15) is 10.1 Å². The fraction of sp³-hybridized carbons (Fsp3) is 0.286. The van der Waals surface area contributed by atoms with Gasteiger partial charge in [-0.1, -0.05) is 6.07 Å². The molecule has 5 nitrogen and oxygen atoms in total. The Balaban J connectivity index is 2.31. The first-order valence-electron chi connectivity index (χ1n) is 6.31. The average molecular weight is 291 g/mol. The third-order valence-electron chi connectivity index (χ3n) is 3.05. The summed E-state index contributed by atoms with van der Waals surface area (Å²) < 4.78 is 0. The largest absolute Gasteiger partial charge is 0.382 e. The summed E-state index contributed by atoms with van der Waals surface area (Å²) >= 11 is 1.69. The van der Waals surface area contributed by atoms with Crippen LogP contribution in [0.5, 0.6) is 0 Å². The van der Waals surface area contributed by atoms with Gasteiger partial charge in [0.25, 0.3) is 0 Å². The molecule has 0 saturated carbocycles. The molecule has 2 N–H and O–H groups in total. The van der Waals surface area contributed by atoms with Gasteiger partial charge in [-0.15, -0.1) is 11.3 Å². The summed E-state index contributed by atoms with van der Waals surface area (Å²) in [5, 5.41) is 17.3. The molecule has 1 aromatic carbocycles. The van der Waals surface area contributed by atoms with Crippen molar-refractivity contribution in [1.82, 2.24) is 0 Å². The topological polar surface area (TPSA) is 67.2 Å². The summed E-state index contributed by atoms with van der Waals surface area (Å²) in [6.07, 6.45) is 0. The minimum atomic E-state index is -0.361. The monoisotopic (exact) mass is 291 g/mol. The molecule has 0 amide bonds. The van der Waals surface area contributed by atoms with Crippen LogP contribution in [0, 0.1) is 17.0 Å². The van der Waals surface area contributed by atoms with Crippen molar-refractivity contribution in [2.24, 2.45) is 0 Å². The highest BCUT2D eigenvalue weighted by Crippen LogP contribution is 2.35. The predicted molar refractivity (Wildman–Crippen MR) is 83.7 cm³/mol. The first-order chi connectivity index (χ1) is 9.52. The van der Waals surface area contributed by atoms with E-state index in [1.54, 1.807) is 36.6 Å². The van der Waals surface area contributed by atoms with Crippen LogP contribution in [0.25, 0.3) is 0 Å². The van der Waals surface area contributed by atoms with E-state index in [1.165, 1.54) is 4.88 Å². The van der Waals surface area contributed by atoms with Gasteiger partial charge >= 0.3 is 5.69 Å². The summed E-state index contributed by atoms with van der Waals surface area (Å²) in [6.45, 7) is 4.05. The summed E-state index contributed by atoms with van der Waals surface area (Å²) in [6, 6.07) is 9.36. The second-order valence-corrected chi connectivity index (χ2v) is 5.84. The number of nitro benzene ring substituents is 1. The summed E-state index contributed by atoms with van der Waals surface area (Å²) in [4.78, 5) is 13.3. The second kappa shape index (κ2) is 5.92. The van der Waals surface area contributed by atoms with Gasteiger partial charge < -0.3 is 10.6 Å². The minimum absolute atomic E-state index is 0.0273. The van der Waals surface area contributed by atoms with E-state index in [0.29, 0.717) is 11.4 Å². The van der Waals surface area contributed by atoms with Gasteiger partial charge in [0.1, 0.15) is 11.4 Å². The fourth-order valence-corrected chi connectivity index (χ4v) is 2.93. The number of aryl methyl sites for hydroxylation is 1. The molecule has 0 saturated heterocycles. The SMILES string of the molecule is CNc1cccc(NC(C)c2ccc(C)s2)c1[N+](=O)[O-]. The number of anilines is 2. The van der Waals surface area contributed by atoms with Crippen LogP contribution in [0.2, 0.25) is 0 Å². The number of nitrogens with one attached hydrogen (secondary N) is 2. The van der Waals surface area contributed by atoms with Crippen LogP contribution < -0.4 is 10.6 Å². The number of rotatable bonds is 5. The van der Waals surface area contributed by atoms with E-state index in [2.05, 4.69) is 16.7 Å². The first-order valence-corrected chi connectivity index (χ1v) is 7.12. The minimum Gasteiger partial charge on any atom is -0.382 e. The number of benzene rings is 1. The molecule has 1 atom stereocenters. The van der Waals surface area contributed by atoms with Gasteiger partial charge in [-0.05, 0) is 38.1 Å². The lowest BCUT2D eigenvalue weighted by molar-refractivity contribution is -0.383. The molecule has 1 heterocycles. The van der Waals surface area contributed by atoms with Gasteiger partial charge in [-0.25, -0.2) is 0 Å². The van der Waals surface area contributed by atoms with Crippen molar-refractivity contribution >= 4 is 28.4 Å². The maximum absolute atomic E-state index is 11.3. The molecule has 20 heavy (non-hydrogen) atoms. The van der Waals surface area contributed by atoms with Crippen LogP contribution >= 0.6 is 11.3 Å². The van der Waals surface area contributed by atoms with Crippen molar-refractivity contribution in [3.05, 3.63) is 50.2 Å². The summed E-state index contributed by atoms with van der Waals surface area (Å²) in [5.41, 5.74) is 1.12. The molecule has 0 radical (unpaired) electrons. The highest BCUT2D eigenvalue weighted by atomic mass is 32.1. The molecular weight excluding hydrogens is 274 g/mol. The molecule has 6 heteroatoms. The molecule has 1 unspecified atom stereocenters. The molecule has 0 aliphatic carbocycles. The van der Waals surface area contributed by atoms with E-state index in [-0.39, 0.29) is 16.7 Å². The Bertz CT molecular complexity index is 625. The molecule has 0 fully saturated rings. The third kappa shape index (κ3) is 2.91. The molecule has 0 spiro atoms. The van der Waals surface area contributed by atoms with Crippen LogP contribution in [0.3, 0.4) is 0 Å². The maximum atomic E-state index is 11.3. The Labute approximate surface area is 121 Å². The molecule has 0 bridgehead atoms. The molecule has 0 aliphatic heterocycles. The van der Waals surface area contributed by atoms with Gasteiger partial charge in [0, 0.05) is 16.8 Å². The standard InChI is InChI=1S/C14H17N3O2S/c1-9-7-8-13(20-9)10(2)16-12-6-4-5-11(15-3)14(12)17(18)19/h4-8,10,15-16H,1-3H3. The average Bonchev–Trinajstić information content (AvgIpc) is 2.84. The van der Waals surface area contributed by atoms with Gasteiger partial charge in [0.05, 0.1) is 11.0 Å². The quantitative estimate of drug-likeness (QED) is 0.640. The Hall–Kier alpha value is -2.08. The van der Waals surface area contributed by atoms with Crippen molar-refractivity contribution in [3.8, 4) is 0 Å². The molecule has 106 valence electrons. The zero-order valence-corrected chi connectivity index (χ0v) is 12.5. The molecule has 0 aliphatic rings. The Morgan fingerprint density at radius 2 is 1.95 bits per heavy atom. The number of hydrogen-bond acceptors (Lipinski definition) is 5. The predicted octanol–water partition coefficient (Wildman–Crippen LogP) is 4.18. The molecule has 2 aromatic rings. The Morgan fingerprint density at radius 3 is 2.50 bits per heavy atom. The summed E-state index contributed by atoms with van der Waals surface area (Å²) in [7, 11) is 1.68. The zero-order valence-electron chi connectivity index (χ0n) is 11.6. The number of nitrogens with zero attached hydrogens (tertiary/aromatic N) is 1. The Morgan fingerprint density at radius 1 is 1.25 bits per heavy atom. The fourth-order valence-electron chi connectivity index (χ4n) is 2.05. The van der Waals surface area contributed by atoms with Crippen molar-refractivity contribution in [1.29, 1.82) is 0 Å². The number of nitro groups is 1. The highest BCUT2D eigenvalue weighted by molar-refractivity contribution is 7.12. The van der Waals surface area contributed by atoms with E-state index < -0.39 is 0 Å². The van der Waals surface area contributed by atoms with Crippen LogP contribution in [-0.4, -0.2) is 12.0 Å². The first kappa shape index (κ1) is 14.3. The van der Waals surface area contributed by atoms with Crippen molar-refractivity contribution in [3.63, 3.8) is 0 Å². The molecular formula is C14H17N3O2S. The highest BCUT2D eigenvalue weighted by Gasteiger charge is 2.20. The third-order valence-corrected chi connectivity index (χ3v) is 4.23. The lowest BCUT2D eigenvalue weighted by atomic mass is 10.2. The smallest absolute Gasteiger partial charge is 0.315 e. The number of thiophene rings is 1. The van der Waals surface area contributed by atoms with Gasteiger partial charge in [0.15, 0.2) is 0 Å². The van der Waals surface area contributed by atoms with Gasteiger partial charge in [-0.2, -0.15) is 0 Å². The van der Waals surface area contributed by atoms with E-state index in [1.807, 2.05) is 19.9 Å². The van der Waals surface area contributed by atoms with Crippen LogP contribution in [0.4, 0.5) is 17.1 Å². The van der Waals surface area contributed by atoms with Crippen LogP contribution in [-0.2, 0) is 0 Å². The van der Waals surface area contributed by atoms with Gasteiger partial charge in [0.2, 0.25) is 0 Å². The Kier molecular flexibility index (Phi) is 4.24. The second-order valence-electron chi connectivity index (χ2n) is 4.52. The normalized spacial score (nSPS) is 11.9. The van der Waals surface area contributed by atoms with Crippen molar-refractivity contribution in [2.45, 2.75) is 19.9 Å². The van der Waals surface area contributed by atoms with E-state index in [4.69, 9.17) is 0 Å². The van der Waals surface area contributed by atoms with E-state index in [0.717, 1.165) is 4.88 Å². The number of para-hydroxylation sites is 1. The molecule has 2 rings (SSSR count). The van der Waals surface area contributed by atoms with Crippen LogP contribution in [0.1, 0.15) is 22.7 Å². The zero-order chi connectivity index (χ0) is 14.7. The van der Waals surface area contributed by atoms with Crippen LogP contribution in [0.15, 0.2) is 30.3 Å². The maximum Gasteiger partial charge on any atom is 0.315 e. The van der Waals surface area contributed by atoms with Gasteiger partial charge in [-0.3, -0.25) is 10.1 Å². The lowest BCUT2D eigenvalue weighted by Crippen LogP contribution is -2.08. The summed E-state index contributed by atoms with van der Waals surface area (Å²) in [5.74, 6) is 0. The van der Waals surface area contributed by atoms with Crippen molar-refractivity contribution < 1.29 is 4.92 Å². The van der Waals surface area contributed by atoms with E-state index >= 15 is 0 Å². The van der Waals surface area contributed by atoms with Crippen molar-refractivity contribution in [2.75, 3.05) is 17.7 Å². The lowest BCUT2D eigenvalue weighted by Gasteiger charge is -2.15. The number of hydrogen-bond donors (Lipinski definition) is 2.